The molecule has 1 aromatic heterocycles. The number of aryl methyl sites for hydroxylation is 1. The zero-order chi connectivity index (χ0) is 12.6. The van der Waals surface area contributed by atoms with E-state index in [0.29, 0.717) is 12.6 Å². The summed E-state index contributed by atoms with van der Waals surface area (Å²) in [5.74, 6) is 0.183. The molecule has 0 aromatic carbocycles. The summed E-state index contributed by atoms with van der Waals surface area (Å²) in [7, 11) is 0. The Labute approximate surface area is 103 Å². The number of hydrogen-bond acceptors (Lipinski definition) is 1. The molecule has 1 saturated carbocycles. The van der Waals surface area contributed by atoms with Gasteiger partial charge in [0.1, 0.15) is 0 Å². The number of rotatable bonds is 4. The summed E-state index contributed by atoms with van der Waals surface area (Å²) in [4.78, 5) is 11.5. The molecule has 0 atom stereocenters. The van der Waals surface area contributed by atoms with Gasteiger partial charge in [-0.2, -0.15) is 0 Å². The monoisotopic (exact) mass is 234 g/mol. The van der Waals surface area contributed by atoms with Gasteiger partial charge in [-0.1, -0.05) is 13.8 Å². The molecule has 1 heterocycles. The third-order valence-corrected chi connectivity index (χ3v) is 3.48. The van der Waals surface area contributed by atoms with Crippen LogP contribution in [0.3, 0.4) is 0 Å². The third kappa shape index (κ3) is 2.54. The van der Waals surface area contributed by atoms with Crippen LogP contribution in [-0.2, 0) is 11.3 Å². The number of nitrogens with one attached hydrogen (secondary N) is 1. The Hall–Kier alpha value is -1.25. The lowest BCUT2D eigenvalue weighted by molar-refractivity contribution is -0.124. The fourth-order valence-corrected chi connectivity index (χ4v) is 2.31. The van der Waals surface area contributed by atoms with Crippen molar-refractivity contribution in [3.63, 3.8) is 0 Å². The average molecular weight is 234 g/mol. The molecule has 17 heavy (non-hydrogen) atoms. The summed E-state index contributed by atoms with van der Waals surface area (Å²) in [5, 5.41) is 2.99. The second-order valence-electron chi connectivity index (χ2n) is 5.37. The molecular weight excluding hydrogens is 212 g/mol. The van der Waals surface area contributed by atoms with E-state index >= 15 is 0 Å². The molecule has 3 nitrogen and oxygen atoms in total. The SMILES string of the molecule is Cc1cc(CNC(=O)C(C)C)c(C)n1C1CC1. The summed E-state index contributed by atoms with van der Waals surface area (Å²) in [5.41, 5.74) is 3.89. The van der Waals surface area contributed by atoms with Gasteiger partial charge in [0.2, 0.25) is 5.91 Å². The van der Waals surface area contributed by atoms with E-state index in [1.54, 1.807) is 0 Å². The Morgan fingerprint density at radius 2 is 2.12 bits per heavy atom. The molecule has 0 unspecified atom stereocenters. The van der Waals surface area contributed by atoms with E-state index in [0.717, 1.165) is 0 Å². The largest absolute Gasteiger partial charge is 0.352 e. The molecule has 0 saturated heterocycles. The van der Waals surface area contributed by atoms with Crippen LogP contribution in [0.4, 0.5) is 0 Å². The number of carbonyl (C=O) groups is 1. The molecule has 1 N–H and O–H groups in total. The molecule has 0 aliphatic heterocycles. The number of amides is 1. The maximum atomic E-state index is 11.5. The van der Waals surface area contributed by atoms with Crippen molar-refractivity contribution in [2.75, 3.05) is 0 Å². The van der Waals surface area contributed by atoms with E-state index in [-0.39, 0.29) is 11.8 Å². The van der Waals surface area contributed by atoms with Crippen LogP contribution in [0.5, 0.6) is 0 Å². The molecular formula is C14H22N2O. The van der Waals surface area contributed by atoms with Gasteiger partial charge in [0.15, 0.2) is 0 Å². The second kappa shape index (κ2) is 4.55. The maximum Gasteiger partial charge on any atom is 0.222 e. The van der Waals surface area contributed by atoms with Crippen LogP contribution in [0.15, 0.2) is 6.07 Å². The molecule has 0 spiro atoms. The van der Waals surface area contributed by atoms with Gasteiger partial charge in [0.25, 0.3) is 0 Å². The molecule has 0 bridgehead atoms. The highest BCUT2D eigenvalue weighted by molar-refractivity contribution is 5.77. The fraction of sp³-hybridized carbons (Fsp3) is 0.643. The lowest BCUT2D eigenvalue weighted by Gasteiger charge is -2.09. The summed E-state index contributed by atoms with van der Waals surface area (Å²) >= 11 is 0. The molecule has 1 aliphatic carbocycles. The third-order valence-electron chi connectivity index (χ3n) is 3.48. The minimum Gasteiger partial charge on any atom is -0.352 e. The van der Waals surface area contributed by atoms with Crippen molar-refractivity contribution in [3.05, 3.63) is 23.0 Å². The summed E-state index contributed by atoms with van der Waals surface area (Å²) in [6, 6.07) is 2.92. The zero-order valence-corrected chi connectivity index (χ0v) is 11.2. The molecule has 1 aliphatic rings. The zero-order valence-electron chi connectivity index (χ0n) is 11.2. The summed E-state index contributed by atoms with van der Waals surface area (Å²) in [6.07, 6.45) is 2.60. The quantitative estimate of drug-likeness (QED) is 0.854. The highest BCUT2D eigenvalue weighted by Gasteiger charge is 2.26. The van der Waals surface area contributed by atoms with Crippen molar-refractivity contribution in [1.29, 1.82) is 0 Å². The van der Waals surface area contributed by atoms with Gasteiger partial charge in [-0.15, -0.1) is 0 Å². The maximum absolute atomic E-state index is 11.5. The Kier molecular flexibility index (Phi) is 3.27. The summed E-state index contributed by atoms with van der Waals surface area (Å²) in [6.45, 7) is 8.80. The van der Waals surface area contributed by atoms with Crippen molar-refractivity contribution in [1.82, 2.24) is 9.88 Å². The van der Waals surface area contributed by atoms with Crippen molar-refractivity contribution < 1.29 is 4.79 Å². The first-order valence-electron chi connectivity index (χ1n) is 6.45. The van der Waals surface area contributed by atoms with Crippen molar-refractivity contribution in [2.45, 2.75) is 53.1 Å². The topological polar surface area (TPSA) is 34.0 Å². The van der Waals surface area contributed by atoms with Gasteiger partial charge in [0, 0.05) is 29.9 Å². The van der Waals surface area contributed by atoms with Crippen LogP contribution in [-0.4, -0.2) is 10.5 Å². The first kappa shape index (κ1) is 12.2. The standard InChI is InChI=1S/C14H22N2O/c1-9(2)14(17)15-8-12-7-10(3)16(11(12)4)13-5-6-13/h7,9,13H,5-6,8H2,1-4H3,(H,15,17). The predicted molar refractivity (Wildman–Crippen MR) is 68.9 cm³/mol. The molecule has 3 heteroatoms. The van der Waals surface area contributed by atoms with Gasteiger partial charge in [0.05, 0.1) is 0 Å². The Morgan fingerprint density at radius 1 is 1.47 bits per heavy atom. The van der Waals surface area contributed by atoms with E-state index in [1.165, 1.54) is 29.8 Å². The smallest absolute Gasteiger partial charge is 0.222 e. The Bertz CT molecular complexity index is 428. The Morgan fingerprint density at radius 3 is 2.65 bits per heavy atom. The van der Waals surface area contributed by atoms with E-state index in [4.69, 9.17) is 0 Å². The Balaban J connectivity index is 2.06. The van der Waals surface area contributed by atoms with E-state index in [9.17, 15) is 4.79 Å². The molecule has 2 rings (SSSR count). The number of nitrogens with zero attached hydrogens (tertiary/aromatic N) is 1. The van der Waals surface area contributed by atoms with Crippen LogP contribution >= 0.6 is 0 Å². The van der Waals surface area contributed by atoms with Crippen LogP contribution in [0.25, 0.3) is 0 Å². The fourth-order valence-electron chi connectivity index (χ4n) is 2.31. The van der Waals surface area contributed by atoms with Crippen molar-refractivity contribution in [2.24, 2.45) is 5.92 Å². The number of aromatic nitrogens is 1. The van der Waals surface area contributed by atoms with Crippen molar-refractivity contribution >= 4 is 5.91 Å². The van der Waals surface area contributed by atoms with Gasteiger partial charge < -0.3 is 9.88 Å². The van der Waals surface area contributed by atoms with Gasteiger partial charge in [-0.25, -0.2) is 0 Å². The van der Waals surface area contributed by atoms with Crippen LogP contribution < -0.4 is 5.32 Å². The van der Waals surface area contributed by atoms with Crippen LogP contribution in [0.2, 0.25) is 0 Å². The minimum atomic E-state index is 0.0573. The normalized spacial score (nSPS) is 15.4. The second-order valence-corrected chi connectivity index (χ2v) is 5.37. The molecule has 1 amide bonds. The first-order valence-corrected chi connectivity index (χ1v) is 6.45. The minimum absolute atomic E-state index is 0.0573. The molecule has 1 aromatic rings. The highest BCUT2D eigenvalue weighted by atomic mass is 16.1. The van der Waals surface area contributed by atoms with E-state index < -0.39 is 0 Å². The summed E-state index contributed by atoms with van der Waals surface area (Å²) < 4.78 is 2.41. The first-order chi connectivity index (χ1) is 8.00. The van der Waals surface area contributed by atoms with Crippen LogP contribution in [0, 0.1) is 19.8 Å². The van der Waals surface area contributed by atoms with Gasteiger partial charge in [-0.3, -0.25) is 4.79 Å². The molecule has 1 fully saturated rings. The van der Waals surface area contributed by atoms with Gasteiger partial charge in [-0.05, 0) is 38.3 Å². The predicted octanol–water partition coefficient (Wildman–Crippen LogP) is 2.71. The van der Waals surface area contributed by atoms with E-state index in [1.807, 2.05) is 13.8 Å². The van der Waals surface area contributed by atoms with E-state index in [2.05, 4.69) is 29.8 Å². The molecule has 94 valence electrons. The average Bonchev–Trinajstić information content (AvgIpc) is 3.03. The lowest BCUT2D eigenvalue weighted by Crippen LogP contribution is -2.27. The number of carbonyl (C=O) groups excluding carboxylic acids is 1. The van der Waals surface area contributed by atoms with Crippen molar-refractivity contribution in [3.8, 4) is 0 Å². The number of hydrogen-bond donors (Lipinski definition) is 1. The highest BCUT2D eigenvalue weighted by Crippen LogP contribution is 2.38. The van der Waals surface area contributed by atoms with Gasteiger partial charge >= 0.3 is 0 Å². The molecule has 0 radical (unpaired) electrons. The lowest BCUT2D eigenvalue weighted by atomic mass is 10.2. The van der Waals surface area contributed by atoms with Crippen LogP contribution in [0.1, 0.15) is 49.7 Å².